The fraction of sp³-hybridized carbons (Fsp3) is 0.556. The molecule has 0 aliphatic carbocycles. The third-order valence-corrected chi connectivity index (χ3v) is 4.08. The lowest BCUT2D eigenvalue weighted by Crippen LogP contribution is -2.25. The van der Waals surface area contributed by atoms with E-state index < -0.39 is 0 Å². The van der Waals surface area contributed by atoms with Crippen LogP contribution in [0.2, 0.25) is 0 Å². The summed E-state index contributed by atoms with van der Waals surface area (Å²) in [6.45, 7) is 2.83. The van der Waals surface area contributed by atoms with Gasteiger partial charge in [0.25, 0.3) is 0 Å². The average molecular weight is 317 g/mol. The first-order valence-electron chi connectivity index (χ1n) is 8.40. The molecule has 1 amide bonds. The summed E-state index contributed by atoms with van der Waals surface area (Å²) in [5.41, 5.74) is 2.12. The number of fused-ring (bicyclic) bond motifs is 1. The third-order valence-electron chi connectivity index (χ3n) is 4.08. The van der Waals surface area contributed by atoms with Gasteiger partial charge in [0.05, 0.1) is 13.3 Å². The minimum atomic E-state index is 0.150. The largest absolute Gasteiger partial charge is 0.495 e. The van der Waals surface area contributed by atoms with Gasteiger partial charge < -0.3 is 14.6 Å². The summed E-state index contributed by atoms with van der Waals surface area (Å²) in [6.07, 6.45) is 9.75. The van der Waals surface area contributed by atoms with Crippen LogP contribution < -0.4 is 10.1 Å². The topological polar surface area (TPSA) is 56.2 Å². The lowest BCUT2D eigenvalue weighted by Gasteiger charge is -2.05. The van der Waals surface area contributed by atoms with Gasteiger partial charge >= 0.3 is 0 Å². The van der Waals surface area contributed by atoms with Crippen LogP contribution in [0.4, 0.5) is 0 Å². The summed E-state index contributed by atoms with van der Waals surface area (Å²) in [5, 5.41) is 4.10. The molecule has 0 aliphatic rings. The summed E-state index contributed by atoms with van der Waals surface area (Å²) in [6, 6.07) is 2.00. The maximum atomic E-state index is 11.8. The van der Waals surface area contributed by atoms with Crippen molar-refractivity contribution in [2.75, 3.05) is 13.7 Å². The molecule has 2 aromatic rings. The Balaban J connectivity index is 1.88. The molecule has 0 fully saturated rings. The first kappa shape index (κ1) is 17.3. The van der Waals surface area contributed by atoms with Crippen molar-refractivity contribution in [2.24, 2.45) is 7.05 Å². The molecule has 23 heavy (non-hydrogen) atoms. The number of aryl methyl sites for hydroxylation is 1. The van der Waals surface area contributed by atoms with Crippen molar-refractivity contribution in [1.82, 2.24) is 14.9 Å². The second-order valence-electron chi connectivity index (χ2n) is 5.92. The Morgan fingerprint density at radius 1 is 1.35 bits per heavy atom. The number of carbonyl (C=O) groups is 1. The summed E-state index contributed by atoms with van der Waals surface area (Å²) in [5.74, 6) is 0.905. The monoisotopic (exact) mass is 317 g/mol. The zero-order valence-electron chi connectivity index (χ0n) is 14.4. The standard InChI is InChI=1S/C18H27N3O2/c1-4-5-6-7-8-17(22)19-10-9-14-13-21(2)18-16(14)11-15(23-3)12-20-18/h11-13H,4-10H2,1-3H3,(H,19,22). The molecule has 2 aromatic heterocycles. The van der Waals surface area contributed by atoms with Gasteiger partial charge in [-0.2, -0.15) is 0 Å². The van der Waals surface area contributed by atoms with E-state index in [1.807, 2.05) is 17.7 Å². The molecule has 0 saturated heterocycles. The molecule has 0 radical (unpaired) electrons. The fourth-order valence-corrected chi connectivity index (χ4v) is 2.77. The molecular weight excluding hydrogens is 290 g/mol. The Labute approximate surface area is 138 Å². The Morgan fingerprint density at radius 2 is 2.17 bits per heavy atom. The number of aromatic nitrogens is 2. The van der Waals surface area contributed by atoms with Crippen LogP contribution in [-0.4, -0.2) is 29.1 Å². The van der Waals surface area contributed by atoms with Crippen LogP contribution in [-0.2, 0) is 18.3 Å². The number of hydrogen-bond donors (Lipinski definition) is 1. The van der Waals surface area contributed by atoms with Crippen molar-refractivity contribution in [3.63, 3.8) is 0 Å². The highest BCUT2D eigenvalue weighted by Crippen LogP contribution is 2.23. The summed E-state index contributed by atoms with van der Waals surface area (Å²) >= 11 is 0. The zero-order valence-corrected chi connectivity index (χ0v) is 14.4. The van der Waals surface area contributed by atoms with E-state index in [0.29, 0.717) is 13.0 Å². The smallest absolute Gasteiger partial charge is 0.220 e. The van der Waals surface area contributed by atoms with Crippen LogP contribution in [0.25, 0.3) is 11.0 Å². The molecule has 0 unspecified atom stereocenters. The van der Waals surface area contributed by atoms with Crippen molar-refractivity contribution in [1.29, 1.82) is 0 Å². The molecule has 5 nitrogen and oxygen atoms in total. The summed E-state index contributed by atoms with van der Waals surface area (Å²) in [7, 11) is 3.63. The number of carbonyl (C=O) groups excluding carboxylic acids is 1. The van der Waals surface area contributed by atoms with E-state index in [-0.39, 0.29) is 5.91 Å². The molecule has 0 aromatic carbocycles. The number of amides is 1. The normalized spacial score (nSPS) is 10.9. The van der Waals surface area contributed by atoms with E-state index in [2.05, 4.69) is 23.4 Å². The Hall–Kier alpha value is -2.04. The first-order valence-corrected chi connectivity index (χ1v) is 8.40. The lowest BCUT2D eigenvalue weighted by molar-refractivity contribution is -0.121. The van der Waals surface area contributed by atoms with Gasteiger partial charge in [-0.05, 0) is 24.5 Å². The van der Waals surface area contributed by atoms with Crippen molar-refractivity contribution in [2.45, 2.75) is 45.4 Å². The zero-order chi connectivity index (χ0) is 16.7. The van der Waals surface area contributed by atoms with Crippen molar-refractivity contribution in [3.05, 3.63) is 24.0 Å². The van der Waals surface area contributed by atoms with Gasteiger partial charge in [0.15, 0.2) is 0 Å². The Morgan fingerprint density at radius 3 is 2.91 bits per heavy atom. The van der Waals surface area contributed by atoms with E-state index >= 15 is 0 Å². The number of nitrogens with zero attached hydrogens (tertiary/aromatic N) is 2. The second-order valence-corrected chi connectivity index (χ2v) is 5.92. The van der Waals surface area contributed by atoms with Crippen LogP contribution in [0.1, 0.15) is 44.6 Å². The third kappa shape index (κ3) is 4.71. The highest BCUT2D eigenvalue weighted by atomic mass is 16.5. The minimum Gasteiger partial charge on any atom is -0.495 e. The lowest BCUT2D eigenvalue weighted by atomic mass is 10.1. The molecule has 0 saturated carbocycles. The number of methoxy groups -OCH3 is 1. The average Bonchev–Trinajstić information content (AvgIpc) is 2.87. The molecule has 126 valence electrons. The van der Waals surface area contributed by atoms with Gasteiger partial charge in [-0.25, -0.2) is 4.98 Å². The van der Waals surface area contributed by atoms with E-state index in [4.69, 9.17) is 4.74 Å². The fourth-order valence-electron chi connectivity index (χ4n) is 2.77. The Kier molecular flexibility index (Phi) is 6.44. The summed E-state index contributed by atoms with van der Waals surface area (Å²) in [4.78, 5) is 16.2. The predicted molar refractivity (Wildman–Crippen MR) is 92.7 cm³/mol. The molecule has 0 bridgehead atoms. The SMILES string of the molecule is CCCCCCC(=O)NCCc1cn(C)c2ncc(OC)cc12. The van der Waals surface area contributed by atoms with Gasteiger partial charge in [0.1, 0.15) is 11.4 Å². The van der Waals surface area contributed by atoms with Gasteiger partial charge in [0.2, 0.25) is 5.91 Å². The maximum absolute atomic E-state index is 11.8. The molecule has 0 atom stereocenters. The van der Waals surface area contributed by atoms with E-state index in [0.717, 1.165) is 36.0 Å². The van der Waals surface area contributed by atoms with Gasteiger partial charge in [-0.3, -0.25) is 4.79 Å². The maximum Gasteiger partial charge on any atom is 0.220 e. The molecule has 0 aliphatic heterocycles. The van der Waals surface area contributed by atoms with Crippen LogP contribution in [0.15, 0.2) is 18.5 Å². The van der Waals surface area contributed by atoms with Crippen LogP contribution in [0.5, 0.6) is 5.75 Å². The molecule has 0 spiro atoms. The number of rotatable bonds is 9. The van der Waals surface area contributed by atoms with Crippen LogP contribution in [0, 0.1) is 0 Å². The van der Waals surface area contributed by atoms with Crippen molar-refractivity contribution in [3.8, 4) is 5.75 Å². The number of hydrogen-bond acceptors (Lipinski definition) is 3. The summed E-state index contributed by atoms with van der Waals surface area (Å²) < 4.78 is 7.26. The molecule has 2 heterocycles. The van der Waals surface area contributed by atoms with Crippen LogP contribution in [0.3, 0.4) is 0 Å². The highest BCUT2D eigenvalue weighted by Gasteiger charge is 2.09. The second kappa shape index (κ2) is 8.56. The van der Waals surface area contributed by atoms with Crippen molar-refractivity contribution < 1.29 is 9.53 Å². The first-order chi connectivity index (χ1) is 11.2. The minimum absolute atomic E-state index is 0.150. The number of nitrogens with one attached hydrogen (secondary N) is 1. The molecule has 1 N–H and O–H groups in total. The van der Waals surface area contributed by atoms with E-state index in [1.165, 1.54) is 18.4 Å². The molecular formula is C18H27N3O2. The number of ether oxygens (including phenoxy) is 1. The van der Waals surface area contributed by atoms with Gasteiger partial charge in [-0.1, -0.05) is 26.2 Å². The van der Waals surface area contributed by atoms with Gasteiger partial charge in [0, 0.05) is 31.6 Å². The number of unbranched alkanes of at least 4 members (excludes halogenated alkanes) is 3. The van der Waals surface area contributed by atoms with Gasteiger partial charge in [-0.15, -0.1) is 0 Å². The number of pyridine rings is 1. The highest BCUT2D eigenvalue weighted by molar-refractivity contribution is 5.82. The van der Waals surface area contributed by atoms with Crippen molar-refractivity contribution >= 4 is 16.9 Å². The van der Waals surface area contributed by atoms with Crippen LogP contribution >= 0.6 is 0 Å². The van der Waals surface area contributed by atoms with E-state index in [1.54, 1.807) is 13.3 Å². The Bertz CT molecular complexity index is 649. The molecule has 5 heteroatoms. The molecule has 2 rings (SSSR count). The predicted octanol–water partition coefficient (Wildman–Crippen LogP) is 3.21. The quantitative estimate of drug-likeness (QED) is 0.723. The van der Waals surface area contributed by atoms with E-state index in [9.17, 15) is 4.79 Å².